The summed E-state index contributed by atoms with van der Waals surface area (Å²) < 4.78 is 5.50. The molecule has 0 radical (unpaired) electrons. The van der Waals surface area contributed by atoms with Gasteiger partial charge in [0.1, 0.15) is 5.60 Å². The van der Waals surface area contributed by atoms with Crippen LogP contribution >= 0.6 is 12.4 Å². The molecule has 1 amide bonds. The number of nitrogens with one attached hydrogen (secondary N) is 1. The van der Waals surface area contributed by atoms with E-state index in [2.05, 4.69) is 5.32 Å². The highest BCUT2D eigenvalue weighted by Crippen LogP contribution is 2.25. The SMILES string of the molecule is CC(C)(C)OC(=O)N1CCCC(CCCC2CCCNC2)C1.Cl. The van der Waals surface area contributed by atoms with Gasteiger partial charge in [0.2, 0.25) is 0 Å². The number of amides is 1. The summed E-state index contributed by atoms with van der Waals surface area (Å²) in [6.07, 6.45) is 8.89. The smallest absolute Gasteiger partial charge is 0.410 e. The Morgan fingerprint density at radius 3 is 2.52 bits per heavy atom. The molecule has 136 valence electrons. The molecule has 0 aliphatic carbocycles. The number of carbonyl (C=O) groups excluding carboxylic acids is 1. The topological polar surface area (TPSA) is 41.6 Å². The van der Waals surface area contributed by atoms with E-state index in [4.69, 9.17) is 4.74 Å². The average molecular weight is 347 g/mol. The predicted octanol–water partition coefficient (Wildman–Crippen LogP) is 4.23. The first-order chi connectivity index (χ1) is 10.4. The van der Waals surface area contributed by atoms with Crippen molar-refractivity contribution in [1.82, 2.24) is 10.2 Å². The molecule has 2 heterocycles. The fourth-order valence-corrected chi connectivity index (χ4v) is 3.66. The number of ether oxygens (including phenoxy) is 1. The van der Waals surface area contributed by atoms with Crippen LogP contribution in [-0.4, -0.2) is 42.8 Å². The Morgan fingerprint density at radius 2 is 1.87 bits per heavy atom. The van der Waals surface area contributed by atoms with Gasteiger partial charge in [-0.1, -0.05) is 6.42 Å². The minimum absolute atomic E-state index is 0. The molecule has 2 rings (SSSR count). The van der Waals surface area contributed by atoms with Gasteiger partial charge in [0.05, 0.1) is 0 Å². The van der Waals surface area contributed by atoms with Gasteiger partial charge in [0, 0.05) is 13.1 Å². The minimum atomic E-state index is -0.391. The van der Waals surface area contributed by atoms with Crippen LogP contribution in [0.2, 0.25) is 0 Å². The number of carbonyl (C=O) groups is 1. The molecule has 0 aromatic rings. The maximum Gasteiger partial charge on any atom is 0.410 e. The standard InChI is InChI=1S/C18H34N2O2.ClH/c1-18(2,3)22-17(21)20-12-6-10-16(14-20)8-4-7-15-9-5-11-19-13-15;/h15-16,19H,4-14H2,1-3H3;1H. The van der Waals surface area contributed by atoms with E-state index in [9.17, 15) is 4.79 Å². The summed E-state index contributed by atoms with van der Waals surface area (Å²) in [5.41, 5.74) is -0.391. The zero-order chi connectivity index (χ0) is 16.0. The summed E-state index contributed by atoms with van der Waals surface area (Å²) in [6.45, 7) is 9.95. The molecule has 0 spiro atoms. The Labute approximate surface area is 148 Å². The molecular formula is C18H35ClN2O2. The normalized spacial score (nSPS) is 25.6. The molecule has 0 aromatic carbocycles. The summed E-state index contributed by atoms with van der Waals surface area (Å²) in [5.74, 6) is 1.54. The van der Waals surface area contributed by atoms with Crippen LogP contribution < -0.4 is 5.32 Å². The summed E-state index contributed by atoms with van der Waals surface area (Å²) >= 11 is 0. The second-order valence-corrected chi connectivity index (χ2v) is 8.08. The molecule has 5 heteroatoms. The van der Waals surface area contributed by atoms with E-state index in [0.29, 0.717) is 5.92 Å². The number of hydrogen-bond donors (Lipinski definition) is 1. The number of likely N-dealkylation sites (tertiary alicyclic amines) is 1. The predicted molar refractivity (Wildman–Crippen MR) is 97.2 cm³/mol. The Morgan fingerprint density at radius 1 is 1.17 bits per heavy atom. The van der Waals surface area contributed by atoms with E-state index in [-0.39, 0.29) is 18.5 Å². The van der Waals surface area contributed by atoms with Crippen molar-refractivity contribution in [3.63, 3.8) is 0 Å². The highest BCUT2D eigenvalue weighted by atomic mass is 35.5. The summed E-state index contributed by atoms with van der Waals surface area (Å²) in [4.78, 5) is 14.1. The van der Waals surface area contributed by atoms with Gasteiger partial charge in [-0.3, -0.25) is 0 Å². The average Bonchev–Trinajstić information content (AvgIpc) is 2.47. The number of nitrogens with zero attached hydrogens (tertiary/aromatic N) is 1. The van der Waals surface area contributed by atoms with Gasteiger partial charge in [-0.2, -0.15) is 0 Å². The molecule has 2 fully saturated rings. The maximum absolute atomic E-state index is 12.2. The van der Waals surface area contributed by atoms with Gasteiger partial charge in [0.15, 0.2) is 0 Å². The summed E-state index contributed by atoms with van der Waals surface area (Å²) in [5, 5.41) is 3.50. The quantitative estimate of drug-likeness (QED) is 0.828. The van der Waals surface area contributed by atoms with Gasteiger partial charge >= 0.3 is 6.09 Å². The zero-order valence-electron chi connectivity index (χ0n) is 15.1. The largest absolute Gasteiger partial charge is 0.444 e. The molecule has 0 aromatic heterocycles. The van der Waals surface area contributed by atoms with E-state index in [1.165, 1.54) is 51.6 Å². The van der Waals surface area contributed by atoms with Crippen LogP contribution in [0.3, 0.4) is 0 Å². The highest BCUT2D eigenvalue weighted by molar-refractivity contribution is 5.85. The van der Waals surface area contributed by atoms with Crippen LogP contribution in [0.15, 0.2) is 0 Å². The molecule has 2 aliphatic heterocycles. The van der Waals surface area contributed by atoms with Gasteiger partial charge in [-0.05, 0) is 84.2 Å². The van der Waals surface area contributed by atoms with E-state index in [0.717, 1.165) is 25.4 Å². The Bertz CT molecular complexity index is 351. The van der Waals surface area contributed by atoms with Crippen molar-refractivity contribution in [2.45, 2.75) is 71.3 Å². The summed E-state index contributed by atoms with van der Waals surface area (Å²) in [7, 11) is 0. The number of piperidine rings is 2. The van der Waals surface area contributed by atoms with Crippen molar-refractivity contribution in [3.05, 3.63) is 0 Å². The molecule has 2 saturated heterocycles. The highest BCUT2D eigenvalue weighted by Gasteiger charge is 2.27. The van der Waals surface area contributed by atoms with Crippen LogP contribution in [0.4, 0.5) is 4.79 Å². The fraction of sp³-hybridized carbons (Fsp3) is 0.944. The molecule has 23 heavy (non-hydrogen) atoms. The first kappa shape index (κ1) is 20.6. The van der Waals surface area contributed by atoms with Crippen molar-refractivity contribution >= 4 is 18.5 Å². The van der Waals surface area contributed by atoms with Crippen LogP contribution in [0.5, 0.6) is 0 Å². The van der Waals surface area contributed by atoms with Crippen molar-refractivity contribution in [3.8, 4) is 0 Å². The Hall–Kier alpha value is -0.480. The molecule has 1 N–H and O–H groups in total. The lowest BCUT2D eigenvalue weighted by Gasteiger charge is -2.34. The second kappa shape index (κ2) is 9.73. The van der Waals surface area contributed by atoms with Crippen LogP contribution in [0, 0.1) is 11.8 Å². The molecule has 2 unspecified atom stereocenters. The molecular weight excluding hydrogens is 312 g/mol. The maximum atomic E-state index is 12.2. The molecule has 0 saturated carbocycles. The van der Waals surface area contributed by atoms with Gasteiger partial charge in [0.25, 0.3) is 0 Å². The van der Waals surface area contributed by atoms with E-state index >= 15 is 0 Å². The molecule has 2 aliphatic rings. The fourth-order valence-electron chi connectivity index (χ4n) is 3.66. The van der Waals surface area contributed by atoms with Gasteiger partial charge < -0.3 is 15.0 Å². The third kappa shape index (κ3) is 7.75. The van der Waals surface area contributed by atoms with Crippen molar-refractivity contribution < 1.29 is 9.53 Å². The van der Waals surface area contributed by atoms with Crippen molar-refractivity contribution in [2.24, 2.45) is 11.8 Å². The molecule has 2 atom stereocenters. The van der Waals surface area contributed by atoms with Crippen LogP contribution in [-0.2, 0) is 4.74 Å². The first-order valence-corrected chi connectivity index (χ1v) is 9.13. The first-order valence-electron chi connectivity index (χ1n) is 9.13. The van der Waals surface area contributed by atoms with Crippen molar-refractivity contribution in [1.29, 1.82) is 0 Å². The molecule has 0 bridgehead atoms. The van der Waals surface area contributed by atoms with Crippen LogP contribution in [0.1, 0.15) is 65.7 Å². The lowest BCUT2D eigenvalue weighted by atomic mass is 9.88. The number of halogens is 1. The monoisotopic (exact) mass is 346 g/mol. The lowest BCUT2D eigenvalue weighted by Crippen LogP contribution is -2.42. The Balaban J connectivity index is 0.00000264. The summed E-state index contributed by atoms with van der Waals surface area (Å²) in [6, 6.07) is 0. The lowest BCUT2D eigenvalue weighted by molar-refractivity contribution is 0.0160. The van der Waals surface area contributed by atoms with E-state index in [1.54, 1.807) is 0 Å². The minimum Gasteiger partial charge on any atom is -0.444 e. The number of rotatable bonds is 4. The second-order valence-electron chi connectivity index (χ2n) is 8.08. The third-order valence-corrected chi connectivity index (χ3v) is 4.79. The van der Waals surface area contributed by atoms with Gasteiger partial charge in [-0.15, -0.1) is 12.4 Å². The van der Waals surface area contributed by atoms with E-state index < -0.39 is 5.60 Å². The number of hydrogen-bond acceptors (Lipinski definition) is 3. The zero-order valence-corrected chi connectivity index (χ0v) is 15.9. The van der Waals surface area contributed by atoms with Crippen molar-refractivity contribution in [2.75, 3.05) is 26.2 Å². The van der Waals surface area contributed by atoms with Gasteiger partial charge in [-0.25, -0.2) is 4.79 Å². The molecule has 4 nitrogen and oxygen atoms in total. The Kier molecular flexibility index (Phi) is 8.70. The third-order valence-electron chi connectivity index (χ3n) is 4.79. The van der Waals surface area contributed by atoms with Crippen LogP contribution in [0.25, 0.3) is 0 Å². The van der Waals surface area contributed by atoms with E-state index in [1.807, 2.05) is 25.7 Å².